The van der Waals surface area contributed by atoms with Gasteiger partial charge in [0.2, 0.25) is 0 Å². The summed E-state index contributed by atoms with van der Waals surface area (Å²) in [4.78, 5) is 0. The van der Waals surface area contributed by atoms with Crippen LogP contribution < -0.4 is 10.5 Å². The van der Waals surface area contributed by atoms with Crippen LogP contribution in [0.3, 0.4) is 0 Å². The second-order valence-corrected chi connectivity index (χ2v) is 2.66. The van der Waals surface area contributed by atoms with E-state index < -0.39 is 0 Å². The van der Waals surface area contributed by atoms with Gasteiger partial charge in [-0.15, -0.1) is 11.6 Å². The van der Waals surface area contributed by atoms with Crippen molar-refractivity contribution in [3.63, 3.8) is 0 Å². The third-order valence-corrected chi connectivity index (χ3v) is 1.65. The Labute approximate surface area is 82.6 Å². The van der Waals surface area contributed by atoms with Crippen molar-refractivity contribution in [1.29, 1.82) is 0 Å². The van der Waals surface area contributed by atoms with Crippen LogP contribution in [0.15, 0.2) is 18.2 Å². The van der Waals surface area contributed by atoms with E-state index in [4.69, 9.17) is 22.1 Å². The molecule has 0 bridgehead atoms. The van der Waals surface area contributed by atoms with Gasteiger partial charge in [0.05, 0.1) is 18.6 Å². The smallest absolute Gasteiger partial charge is 0.134 e. The molecular weight excluding hydrogens is 186 g/mol. The normalized spacial score (nSPS) is 8.77. The molecule has 68 valence electrons. The van der Waals surface area contributed by atoms with Gasteiger partial charge in [-0.2, -0.15) is 0 Å². The van der Waals surface area contributed by atoms with E-state index in [1.165, 1.54) is 0 Å². The molecule has 0 radical (unpaired) electrons. The van der Waals surface area contributed by atoms with E-state index in [-0.39, 0.29) is 0 Å². The van der Waals surface area contributed by atoms with Crippen molar-refractivity contribution >= 4 is 17.3 Å². The van der Waals surface area contributed by atoms with Gasteiger partial charge in [-0.3, -0.25) is 0 Å². The fourth-order valence-corrected chi connectivity index (χ4v) is 1.02. The maximum atomic E-state index is 5.60. The number of benzene rings is 1. The third-order valence-electron chi connectivity index (χ3n) is 1.51. The molecule has 0 saturated heterocycles. The molecule has 0 amide bonds. The Bertz CT molecular complexity index is 352. The number of alkyl halides is 1. The van der Waals surface area contributed by atoms with Gasteiger partial charge in [0.15, 0.2) is 0 Å². The molecule has 0 saturated carbocycles. The lowest BCUT2D eigenvalue weighted by Gasteiger charge is -2.03. The van der Waals surface area contributed by atoms with E-state index in [1.807, 2.05) is 0 Å². The zero-order valence-corrected chi connectivity index (χ0v) is 8.06. The zero-order valence-electron chi connectivity index (χ0n) is 7.30. The Morgan fingerprint density at radius 3 is 2.92 bits per heavy atom. The molecule has 2 N–H and O–H groups in total. The molecule has 0 aliphatic rings. The number of hydrogen-bond acceptors (Lipinski definition) is 2. The van der Waals surface area contributed by atoms with Crippen LogP contribution in [0.25, 0.3) is 0 Å². The number of rotatable bonds is 1. The summed E-state index contributed by atoms with van der Waals surface area (Å²) in [6.07, 6.45) is 0. The van der Waals surface area contributed by atoms with Crippen LogP contribution in [0.1, 0.15) is 5.56 Å². The minimum absolute atomic E-state index is 0.304. The van der Waals surface area contributed by atoms with Gasteiger partial charge < -0.3 is 10.5 Å². The Balaban J connectivity index is 3.08. The van der Waals surface area contributed by atoms with Crippen LogP contribution in [0.2, 0.25) is 0 Å². The number of anilines is 1. The first-order chi connectivity index (χ1) is 6.27. The van der Waals surface area contributed by atoms with Crippen molar-refractivity contribution in [3.05, 3.63) is 23.8 Å². The average molecular weight is 196 g/mol. The topological polar surface area (TPSA) is 35.2 Å². The lowest BCUT2D eigenvalue weighted by atomic mass is 10.2. The second-order valence-electron chi connectivity index (χ2n) is 2.40. The van der Waals surface area contributed by atoms with E-state index in [1.54, 1.807) is 25.3 Å². The monoisotopic (exact) mass is 195 g/mol. The van der Waals surface area contributed by atoms with Gasteiger partial charge in [0.25, 0.3) is 0 Å². The van der Waals surface area contributed by atoms with E-state index in [0.717, 1.165) is 5.56 Å². The SMILES string of the molecule is COc1ccc(N)cc1C#CCCl. The number of halogens is 1. The maximum Gasteiger partial charge on any atom is 0.134 e. The highest BCUT2D eigenvalue weighted by molar-refractivity contribution is 6.19. The zero-order chi connectivity index (χ0) is 9.68. The standard InChI is InChI=1S/C10H10ClNO/c1-13-10-5-4-9(12)7-8(10)3-2-6-11/h4-5,7H,6,12H2,1H3. The van der Waals surface area contributed by atoms with Crippen molar-refractivity contribution in [2.24, 2.45) is 0 Å². The van der Waals surface area contributed by atoms with Crippen LogP contribution in [0, 0.1) is 11.8 Å². The van der Waals surface area contributed by atoms with Crippen molar-refractivity contribution in [1.82, 2.24) is 0 Å². The molecule has 0 heterocycles. The molecule has 13 heavy (non-hydrogen) atoms. The molecule has 2 nitrogen and oxygen atoms in total. The summed E-state index contributed by atoms with van der Waals surface area (Å²) >= 11 is 5.44. The molecule has 3 heteroatoms. The summed E-state index contributed by atoms with van der Waals surface area (Å²) in [5.74, 6) is 6.63. The molecule has 1 aromatic rings. The van der Waals surface area contributed by atoms with Gasteiger partial charge in [0, 0.05) is 5.69 Å². The molecule has 0 atom stereocenters. The predicted molar refractivity (Wildman–Crippen MR) is 55.0 cm³/mol. The summed E-state index contributed by atoms with van der Waals surface area (Å²) in [6.45, 7) is 0. The third kappa shape index (κ3) is 2.57. The predicted octanol–water partition coefficient (Wildman–Crippen LogP) is 1.87. The highest BCUT2D eigenvalue weighted by Crippen LogP contribution is 2.19. The van der Waals surface area contributed by atoms with Crippen LogP contribution in [0.4, 0.5) is 5.69 Å². The summed E-state index contributed by atoms with van der Waals surface area (Å²) in [7, 11) is 1.59. The van der Waals surface area contributed by atoms with Crippen LogP contribution in [-0.4, -0.2) is 13.0 Å². The molecule has 0 spiro atoms. The lowest BCUT2D eigenvalue weighted by Crippen LogP contribution is -1.91. The first-order valence-corrected chi connectivity index (χ1v) is 4.29. The molecule has 0 aliphatic carbocycles. The largest absolute Gasteiger partial charge is 0.495 e. The molecule has 0 aromatic heterocycles. The molecular formula is C10H10ClNO. The van der Waals surface area contributed by atoms with Gasteiger partial charge in [0.1, 0.15) is 5.75 Å². The summed E-state index contributed by atoms with van der Waals surface area (Å²) in [5.41, 5.74) is 7.03. The fourth-order valence-electron chi connectivity index (χ4n) is 0.952. The number of nitrogens with two attached hydrogens (primary N) is 1. The minimum atomic E-state index is 0.304. The van der Waals surface area contributed by atoms with Crippen molar-refractivity contribution < 1.29 is 4.74 Å². The van der Waals surface area contributed by atoms with Gasteiger partial charge in [-0.25, -0.2) is 0 Å². The average Bonchev–Trinajstić information content (AvgIpc) is 2.15. The molecule has 0 fully saturated rings. The van der Waals surface area contributed by atoms with Gasteiger partial charge >= 0.3 is 0 Å². The molecule has 0 unspecified atom stereocenters. The Kier molecular flexibility index (Phi) is 3.48. The minimum Gasteiger partial charge on any atom is -0.495 e. The first kappa shape index (κ1) is 9.76. The van der Waals surface area contributed by atoms with Crippen molar-refractivity contribution in [3.8, 4) is 17.6 Å². The second kappa shape index (κ2) is 4.64. The van der Waals surface area contributed by atoms with Crippen LogP contribution >= 0.6 is 11.6 Å². The Morgan fingerprint density at radius 1 is 1.54 bits per heavy atom. The van der Waals surface area contributed by atoms with E-state index in [9.17, 15) is 0 Å². The summed E-state index contributed by atoms with van der Waals surface area (Å²) in [6, 6.07) is 5.32. The molecule has 1 aromatic carbocycles. The number of hydrogen-bond donors (Lipinski definition) is 1. The molecule has 1 rings (SSSR count). The van der Waals surface area contributed by atoms with E-state index in [2.05, 4.69) is 11.8 Å². The number of nitrogen functional groups attached to an aromatic ring is 1. The maximum absolute atomic E-state index is 5.60. The number of methoxy groups -OCH3 is 1. The Morgan fingerprint density at radius 2 is 2.31 bits per heavy atom. The fraction of sp³-hybridized carbons (Fsp3) is 0.200. The van der Waals surface area contributed by atoms with Gasteiger partial charge in [-0.1, -0.05) is 11.8 Å². The highest BCUT2D eigenvalue weighted by Gasteiger charge is 1.98. The molecule has 0 aliphatic heterocycles. The quantitative estimate of drug-likeness (QED) is 0.422. The summed E-state index contributed by atoms with van der Waals surface area (Å²) in [5, 5.41) is 0. The van der Waals surface area contributed by atoms with E-state index >= 15 is 0 Å². The van der Waals surface area contributed by atoms with Crippen LogP contribution in [0.5, 0.6) is 5.75 Å². The van der Waals surface area contributed by atoms with Crippen molar-refractivity contribution in [2.75, 3.05) is 18.7 Å². The lowest BCUT2D eigenvalue weighted by molar-refractivity contribution is 0.413. The number of ether oxygens (including phenoxy) is 1. The first-order valence-electron chi connectivity index (χ1n) is 3.76. The van der Waals surface area contributed by atoms with E-state index in [0.29, 0.717) is 17.3 Å². The Hall–Kier alpha value is -1.33. The van der Waals surface area contributed by atoms with Crippen molar-refractivity contribution in [2.45, 2.75) is 0 Å². The van der Waals surface area contributed by atoms with Gasteiger partial charge in [-0.05, 0) is 18.2 Å². The van der Waals surface area contributed by atoms with Crippen LogP contribution in [-0.2, 0) is 0 Å². The highest BCUT2D eigenvalue weighted by atomic mass is 35.5. The summed E-state index contributed by atoms with van der Waals surface area (Å²) < 4.78 is 5.10.